The van der Waals surface area contributed by atoms with Gasteiger partial charge in [-0.1, -0.05) is 15.9 Å². The van der Waals surface area contributed by atoms with Crippen molar-refractivity contribution in [3.05, 3.63) is 16.1 Å². The van der Waals surface area contributed by atoms with E-state index in [2.05, 4.69) is 31.6 Å². The average Bonchev–Trinajstić information content (AvgIpc) is 2.63. The quantitative estimate of drug-likeness (QED) is 0.812. The molecular formula is C9H15BrN2OS. The molecule has 0 aliphatic heterocycles. The Bertz CT molecular complexity index is 267. The maximum Gasteiger partial charge on any atom is 0.107 e. The number of alkyl halides is 1. The fraction of sp³-hybridized carbons (Fsp3) is 0.667. The van der Waals surface area contributed by atoms with Crippen molar-refractivity contribution >= 4 is 27.3 Å². The van der Waals surface area contributed by atoms with E-state index in [1.54, 1.807) is 18.4 Å². The lowest BCUT2D eigenvalue weighted by Crippen LogP contribution is -2.05. The third kappa shape index (κ3) is 3.65. The van der Waals surface area contributed by atoms with Gasteiger partial charge in [0.05, 0.1) is 10.5 Å². The molecule has 0 aliphatic rings. The standard InChI is InChI=1S/C9H15BrN2OS/c1-11-5-7-6-14-9(12-7)8(10)3-4-13-2/h6,8,11H,3-5H2,1-2H3. The normalized spacial score (nSPS) is 13.1. The third-order valence-corrected chi connectivity index (χ3v) is 3.97. The highest BCUT2D eigenvalue weighted by Crippen LogP contribution is 2.28. The molecule has 0 aliphatic carbocycles. The van der Waals surface area contributed by atoms with Crippen molar-refractivity contribution in [3.8, 4) is 0 Å². The topological polar surface area (TPSA) is 34.1 Å². The van der Waals surface area contributed by atoms with Crippen LogP contribution in [0.4, 0.5) is 0 Å². The van der Waals surface area contributed by atoms with Crippen LogP contribution in [0.2, 0.25) is 0 Å². The molecule has 1 rings (SSSR count). The lowest BCUT2D eigenvalue weighted by molar-refractivity contribution is 0.195. The van der Waals surface area contributed by atoms with Crippen molar-refractivity contribution in [2.75, 3.05) is 20.8 Å². The molecule has 1 aromatic rings. The molecule has 1 aromatic heterocycles. The fourth-order valence-electron chi connectivity index (χ4n) is 1.07. The summed E-state index contributed by atoms with van der Waals surface area (Å²) in [5, 5.41) is 6.31. The van der Waals surface area contributed by atoms with Crippen LogP contribution in [-0.2, 0) is 11.3 Å². The number of aromatic nitrogens is 1. The highest BCUT2D eigenvalue weighted by molar-refractivity contribution is 9.09. The summed E-state index contributed by atoms with van der Waals surface area (Å²) >= 11 is 5.29. The Kier molecular flexibility index (Phi) is 5.62. The first kappa shape index (κ1) is 12.1. The molecule has 1 atom stereocenters. The maximum atomic E-state index is 5.02. The van der Waals surface area contributed by atoms with Crippen LogP contribution in [0.1, 0.15) is 21.9 Å². The summed E-state index contributed by atoms with van der Waals surface area (Å²) < 4.78 is 5.02. The first-order chi connectivity index (χ1) is 6.77. The lowest BCUT2D eigenvalue weighted by Gasteiger charge is -2.04. The van der Waals surface area contributed by atoms with Crippen molar-refractivity contribution in [3.63, 3.8) is 0 Å². The van der Waals surface area contributed by atoms with Crippen LogP contribution >= 0.6 is 27.3 Å². The van der Waals surface area contributed by atoms with Crippen molar-refractivity contribution in [2.45, 2.75) is 17.8 Å². The van der Waals surface area contributed by atoms with Gasteiger partial charge >= 0.3 is 0 Å². The Balaban J connectivity index is 2.48. The predicted molar refractivity (Wildman–Crippen MR) is 63.0 cm³/mol. The molecule has 0 aromatic carbocycles. The first-order valence-electron chi connectivity index (χ1n) is 4.49. The molecule has 0 radical (unpaired) electrons. The summed E-state index contributed by atoms with van der Waals surface area (Å²) in [4.78, 5) is 4.82. The van der Waals surface area contributed by atoms with Gasteiger partial charge in [-0.15, -0.1) is 11.3 Å². The monoisotopic (exact) mass is 278 g/mol. The van der Waals surface area contributed by atoms with Gasteiger partial charge in [0.1, 0.15) is 5.01 Å². The fourth-order valence-corrected chi connectivity index (χ4v) is 2.51. The number of nitrogens with zero attached hydrogens (tertiary/aromatic N) is 1. The van der Waals surface area contributed by atoms with Gasteiger partial charge in [0, 0.05) is 25.6 Å². The van der Waals surface area contributed by atoms with E-state index in [0.717, 1.165) is 30.3 Å². The SMILES string of the molecule is CNCc1csc(C(Br)CCOC)n1. The van der Waals surface area contributed by atoms with Crippen molar-refractivity contribution < 1.29 is 4.74 Å². The first-order valence-corrected chi connectivity index (χ1v) is 6.29. The van der Waals surface area contributed by atoms with Gasteiger partial charge in [-0.3, -0.25) is 0 Å². The zero-order valence-electron chi connectivity index (χ0n) is 8.42. The van der Waals surface area contributed by atoms with Crippen LogP contribution in [-0.4, -0.2) is 25.7 Å². The number of methoxy groups -OCH3 is 1. The average molecular weight is 279 g/mol. The van der Waals surface area contributed by atoms with E-state index >= 15 is 0 Å². The number of nitrogens with one attached hydrogen (secondary N) is 1. The number of halogens is 1. The Morgan fingerprint density at radius 3 is 3.14 bits per heavy atom. The molecule has 1 unspecified atom stereocenters. The zero-order chi connectivity index (χ0) is 10.4. The lowest BCUT2D eigenvalue weighted by atomic mass is 10.3. The number of thiazole rings is 1. The molecule has 0 bridgehead atoms. The molecule has 0 fully saturated rings. The molecular weight excluding hydrogens is 264 g/mol. The van der Waals surface area contributed by atoms with E-state index in [-0.39, 0.29) is 0 Å². The van der Waals surface area contributed by atoms with Crippen LogP contribution in [0.5, 0.6) is 0 Å². The second-order valence-electron chi connectivity index (χ2n) is 2.96. The molecule has 80 valence electrons. The molecule has 0 saturated heterocycles. The highest BCUT2D eigenvalue weighted by atomic mass is 79.9. The number of ether oxygens (including phenoxy) is 1. The maximum absolute atomic E-state index is 5.02. The third-order valence-electron chi connectivity index (χ3n) is 1.77. The Hall–Kier alpha value is 0.0300. The molecule has 3 nitrogen and oxygen atoms in total. The molecule has 5 heteroatoms. The Labute approximate surface area is 97.0 Å². The molecule has 14 heavy (non-hydrogen) atoms. The number of rotatable bonds is 6. The second-order valence-corrected chi connectivity index (χ2v) is 4.95. The van der Waals surface area contributed by atoms with E-state index in [4.69, 9.17) is 4.74 Å². The van der Waals surface area contributed by atoms with Crippen molar-refractivity contribution in [2.24, 2.45) is 0 Å². The van der Waals surface area contributed by atoms with Gasteiger partial charge in [-0.2, -0.15) is 0 Å². The Morgan fingerprint density at radius 1 is 1.71 bits per heavy atom. The second kappa shape index (κ2) is 6.50. The van der Waals surface area contributed by atoms with Crippen LogP contribution < -0.4 is 5.32 Å². The van der Waals surface area contributed by atoms with Gasteiger partial charge in [0.2, 0.25) is 0 Å². The Morgan fingerprint density at radius 2 is 2.50 bits per heavy atom. The van der Waals surface area contributed by atoms with Gasteiger partial charge in [-0.25, -0.2) is 4.98 Å². The summed E-state index contributed by atoms with van der Waals surface area (Å²) in [6.07, 6.45) is 0.961. The number of hydrogen-bond donors (Lipinski definition) is 1. The summed E-state index contributed by atoms with van der Waals surface area (Å²) in [6.45, 7) is 1.59. The largest absolute Gasteiger partial charge is 0.385 e. The molecule has 0 amide bonds. The van der Waals surface area contributed by atoms with Gasteiger partial charge in [0.15, 0.2) is 0 Å². The summed E-state index contributed by atoms with van der Waals surface area (Å²) in [5.41, 5.74) is 1.11. The summed E-state index contributed by atoms with van der Waals surface area (Å²) in [6, 6.07) is 0. The molecule has 1 N–H and O–H groups in total. The minimum atomic E-state index is 0.318. The van der Waals surface area contributed by atoms with Crippen LogP contribution in [0.25, 0.3) is 0 Å². The van der Waals surface area contributed by atoms with E-state index in [9.17, 15) is 0 Å². The van der Waals surface area contributed by atoms with Gasteiger partial charge < -0.3 is 10.1 Å². The molecule has 1 heterocycles. The van der Waals surface area contributed by atoms with Crippen LogP contribution in [0.15, 0.2) is 5.38 Å². The van der Waals surface area contributed by atoms with Crippen LogP contribution in [0.3, 0.4) is 0 Å². The smallest absolute Gasteiger partial charge is 0.107 e. The van der Waals surface area contributed by atoms with Crippen molar-refractivity contribution in [1.29, 1.82) is 0 Å². The van der Waals surface area contributed by atoms with E-state index in [0.29, 0.717) is 4.83 Å². The molecule has 0 saturated carbocycles. The minimum Gasteiger partial charge on any atom is -0.385 e. The van der Waals surface area contributed by atoms with E-state index in [1.165, 1.54) is 0 Å². The van der Waals surface area contributed by atoms with Crippen molar-refractivity contribution in [1.82, 2.24) is 10.3 Å². The summed E-state index contributed by atoms with van der Waals surface area (Å²) in [5.74, 6) is 0. The predicted octanol–water partition coefficient (Wildman–Crippen LogP) is 2.33. The zero-order valence-corrected chi connectivity index (χ0v) is 10.8. The summed E-state index contributed by atoms with van der Waals surface area (Å²) in [7, 11) is 3.64. The van der Waals surface area contributed by atoms with Gasteiger partial charge in [-0.05, 0) is 13.5 Å². The van der Waals surface area contributed by atoms with E-state index < -0.39 is 0 Å². The highest BCUT2D eigenvalue weighted by Gasteiger charge is 2.11. The van der Waals surface area contributed by atoms with Crippen LogP contribution in [0, 0.1) is 0 Å². The molecule has 0 spiro atoms. The minimum absolute atomic E-state index is 0.318. The number of hydrogen-bond acceptors (Lipinski definition) is 4. The van der Waals surface area contributed by atoms with Gasteiger partial charge in [0.25, 0.3) is 0 Å². The van der Waals surface area contributed by atoms with E-state index in [1.807, 2.05) is 7.05 Å².